The normalized spacial score (nSPS) is 11.5. The molecule has 0 saturated carbocycles. The van der Waals surface area contributed by atoms with Crippen LogP contribution in [0, 0.1) is 0 Å². The molecule has 0 saturated heterocycles. The Morgan fingerprint density at radius 1 is 1.29 bits per heavy atom. The highest BCUT2D eigenvalue weighted by Gasteiger charge is 2.15. The van der Waals surface area contributed by atoms with Gasteiger partial charge in [0.25, 0.3) is 0 Å². The molecule has 2 N–H and O–H groups in total. The van der Waals surface area contributed by atoms with E-state index >= 15 is 0 Å². The van der Waals surface area contributed by atoms with E-state index in [4.69, 9.17) is 9.47 Å². The van der Waals surface area contributed by atoms with Gasteiger partial charge in [-0.05, 0) is 32.0 Å². The van der Waals surface area contributed by atoms with Gasteiger partial charge in [0, 0.05) is 25.8 Å². The Hall–Kier alpha value is -1.26. The highest BCUT2D eigenvalue weighted by molar-refractivity contribution is 5.39. The van der Waals surface area contributed by atoms with Crippen molar-refractivity contribution in [3.63, 3.8) is 0 Å². The molecule has 0 spiro atoms. The smallest absolute Gasteiger partial charge is 0.120 e. The molecule has 1 rings (SSSR count). The molecule has 4 nitrogen and oxygen atoms in total. The van der Waals surface area contributed by atoms with Crippen molar-refractivity contribution in [3.05, 3.63) is 23.8 Å². The lowest BCUT2D eigenvalue weighted by atomic mass is 10.1. The van der Waals surface area contributed by atoms with Crippen LogP contribution in [0.4, 0.5) is 0 Å². The number of hydrogen-bond acceptors (Lipinski definition) is 4. The van der Waals surface area contributed by atoms with Crippen molar-refractivity contribution in [3.8, 4) is 11.5 Å². The summed E-state index contributed by atoms with van der Waals surface area (Å²) in [5.74, 6) is 1.01. The Morgan fingerprint density at radius 3 is 2.59 bits per heavy atom. The maximum absolute atomic E-state index is 9.69. The van der Waals surface area contributed by atoms with Gasteiger partial charge in [-0.25, -0.2) is 0 Å². The Balaban J connectivity index is 2.57. The van der Waals surface area contributed by atoms with Gasteiger partial charge in [-0.3, -0.25) is 0 Å². The SMILES string of the molecule is COc1ccc(O)c(CNCC(C)(C)OC)c1. The first-order chi connectivity index (χ1) is 7.98. The molecule has 0 unspecified atom stereocenters. The first-order valence-corrected chi connectivity index (χ1v) is 5.60. The van der Waals surface area contributed by atoms with Gasteiger partial charge in [0.05, 0.1) is 12.7 Å². The van der Waals surface area contributed by atoms with E-state index in [2.05, 4.69) is 5.32 Å². The number of ether oxygens (including phenoxy) is 2. The molecule has 0 aromatic heterocycles. The number of phenolic OH excluding ortho intramolecular Hbond substituents is 1. The summed E-state index contributed by atoms with van der Waals surface area (Å²) in [5.41, 5.74) is 0.602. The van der Waals surface area contributed by atoms with Crippen LogP contribution in [0.1, 0.15) is 19.4 Å². The molecule has 96 valence electrons. The zero-order valence-electron chi connectivity index (χ0n) is 10.9. The Bertz CT molecular complexity index is 364. The summed E-state index contributed by atoms with van der Waals surface area (Å²) in [5, 5.41) is 12.9. The monoisotopic (exact) mass is 239 g/mol. The molecule has 17 heavy (non-hydrogen) atoms. The predicted octanol–water partition coefficient (Wildman–Crippen LogP) is 1.92. The summed E-state index contributed by atoms with van der Waals surface area (Å²) in [6.07, 6.45) is 0. The molecule has 0 atom stereocenters. The number of phenols is 1. The largest absolute Gasteiger partial charge is 0.508 e. The number of nitrogens with one attached hydrogen (secondary N) is 1. The summed E-state index contributed by atoms with van der Waals surface area (Å²) < 4.78 is 10.4. The van der Waals surface area contributed by atoms with Crippen molar-refractivity contribution >= 4 is 0 Å². The minimum atomic E-state index is -0.214. The summed E-state index contributed by atoms with van der Waals surface area (Å²) >= 11 is 0. The second kappa shape index (κ2) is 5.89. The van der Waals surface area contributed by atoms with E-state index in [0.29, 0.717) is 13.1 Å². The van der Waals surface area contributed by atoms with E-state index in [-0.39, 0.29) is 11.4 Å². The third-order valence-electron chi connectivity index (χ3n) is 2.71. The van der Waals surface area contributed by atoms with E-state index < -0.39 is 0 Å². The van der Waals surface area contributed by atoms with Gasteiger partial charge < -0.3 is 19.9 Å². The first kappa shape index (κ1) is 13.8. The van der Waals surface area contributed by atoms with E-state index in [0.717, 1.165) is 11.3 Å². The molecule has 0 aliphatic rings. The number of aromatic hydroxyl groups is 1. The average Bonchev–Trinajstić information content (AvgIpc) is 2.31. The summed E-state index contributed by atoms with van der Waals surface area (Å²) in [6.45, 7) is 5.30. The van der Waals surface area contributed by atoms with Crippen LogP contribution in [0.5, 0.6) is 11.5 Å². The quantitative estimate of drug-likeness (QED) is 0.796. The van der Waals surface area contributed by atoms with Crippen molar-refractivity contribution in [1.82, 2.24) is 5.32 Å². The molecule has 1 aromatic carbocycles. The zero-order chi connectivity index (χ0) is 12.9. The second-order valence-electron chi connectivity index (χ2n) is 4.56. The first-order valence-electron chi connectivity index (χ1n) is 5.60. The zero-order valence-corrected chi connectivity index (χ0v) is 10.9. The van der Waals surface area contributed by atoms with Gasteiger partial charge in [-0.1, -0.05) is 0 Å². The summed E-state index contributed by atoms with van der Waals surface area (Å²) in [4.78, 5) is 0. The van der Waals surface area contributed by atoms with Gasteiger partial charge in [0.2, 0.25) is 0 Å². The van der Waals surface area contributed by atoms with Gasteiger partial charge in [-0.15, -0.1) is 0 Å². The molecular weight excluding hydrogens is 218 g/mol. The fraction of sp³-hybridized carbons (Fsp3) is 0.538. The van der Waals surface area contributed by atoms with Crippen molar-refractivity contribution < 1.29 is 14.6 Å². The number of methoxy groups -OCH3 is 2. The minimum absolute atomic E-state index is 0.214. The van der Waals surface area contributed by atoms with Crippen LogP contribution in [-0.2, 0) is 11.3 Å². The van der Waals surface area contributed by atoms with Gasteiger partial charge in [0.1, 0.15) is 11.5 Å². The van der Waals surface area contributed by atoms with Gasteiger partial charge in [0.15, 0.2) is 0 Å². The van der Waals surface area contributed by atoms with E-state index in [1.54, 1.807) is 26.4 Å². The minimum Gasteiger partial charge on any atom is -0.508 e. The molecule has 0 heterocycles. The number of rotatable bonds is 6. The van der Waals surface area contributed by atoms with Gasteiger partial charge in [-0.2, -0.15) is 0 Å². The fourth-order valence-electron chi connectivity index (χ4n) is 1.40. The molecule has 0 radical (unpaired) electrons. The third kappa shape index (κ3) is 4.24. The Labute approximate surface area is 103 Å². The maximum Gasteiger partial charge on any atom is 0.120 e. The van der Waals surface area contributed by atoms with Crippen LogP contribution in [0.2, 0.25) is 0 Å². The van der Waals surface area contributed by atoms with Crippen LogP contribution in [0.15, 0.2) is 18.2 Å². The number of hydrogen-bond donors (Lipinski definition) is 2. The fourth-order valence-corrected chi connectivity index (χ4v) is 1.40. The van der Waals surface area contributed by atoms with E-state index in [9.17, 15) is 5.11 Å². The van der Waals surface area contributed by atoms with Crippen LogP contribution >= 0.6 is 0 Å². The molecule has 1 aromatic rings. The van der Waals surface area contributed by atoms with Gasteiger partial charge >= 0.3 is 0 Å². The summed E-state index contributed by atoms with van der Waals surface area (Å²) in [6, 6.07) is 5.19. The standard InChI is InChI=1S/C13H21NO3/c1-13(2,17-4)9-14-8-10-7-11(16-3)5-6-12(10)15/h5-7,14-15H,8-9H2,1-4H3. The molecular formula is C13H21NO3. The predicted molar refractivity (Wildman–Crippen MR) is 67.5 cm³/mol. The lowest BCUT2D eigenvalue weighted by Crippen LogP contribution is -2.36. The second-order valence-corrected chi connectivity index (χ2v) is 4.56. The number of benzene rings is 1. The van der Waals surface area contributed by atoms with Crippen LogP contribution in [0.3, 0.4) is 0 Å². The molecule has 0 fully saturated rings. The molecule has 0 aliphatic heterocycles. The van der Waals surface area contributed by atoms with Crippen LogP contribution in [-0.4, -0.2) is 31.5 Å². The van der Waals surface area contributed by atoms with Crippen molar-refractivity contribution in [2.75, 3.05) is 20.8 Å². The van der Waals surface area contributed by atoms with E-state index in [1.165, 1.54) is 0 Å². The summed E-state index contributed by atoms with van der Waals surface area (Å²) in [7, 11) is 3.29. The topological polar surface area (TPSA) is 50.7 Å². The Kier molecular flexibility index (Phi) is 4.78. The molecule has 0 amide bonds. The highest BCUT2D eigenvalue weighted by atomic mass is 16.5. The maximum atomic E-state index is 9.69. The Morgan fingerprint density at radius 2 is 2.00 bits per heavy atom. The molecule has 0 bridgehead atoms. The van der Waals surface area contributed by atoms with Crippen molar-refractivity contribution in [2.45, 2.75) is 26.0 Å². The van der Waals surface area contributed by atoms with E-state index in [1.807, 2.05) is 19.9 Å². The van der Waals surface area contributed by atoms with Crippen LogP contribution < -0.4 is 10.1 Å². The highest BCUT2D eigenvalue weighted by Crippen LogP contribution is 2.22. The van der Waals surface area contributed by atoms with Crippen LogP contribution in [0.25, 0.3) is 0 Å². The average molecular weight is 239 g/mol. The lowest BCUT2D eigenvalue weighted by Gasteiger charge is -2.23. The molecule has 0 aliphatic carbocycles. The van der Waals surface area contributed by atoms with Crippen molar-refractivity contribution in [1.29, 1.82) is 0 Å². The third-order valence-corrected chi connectivity index (χ3v) is 2.71. The lowest BCUT2D eigenvalue weighted by molar-refractivity contribution is 0.0230. The van der Waals surface area contributed by atoms with Crippen molar-refractivity contribution in [2.24, 2.45) is 0 Å². The molecule has 4 heteroatoms.